The first-order valence-electron chi connectivity index (χ1n) is 5.91. The molecule has 0 amide bonds. The minimum Gasteiger partial charge on any atom is -0.344 e. The van der Waals surface area contributed by atoms with E-state index in [2.05, 4.69) is 9.71 Å². The first kappa shape index (κ1) is 13.0. The minimum absolute atomic E-state index is 0.217. The second kappa shape index (κ2) is 4.85. The lowest BCUT2D eigenvalue weighted by Gasteiger charge is -2.08. The molecule has 2 N–H and O–H groups in total. The number of sulfonamides is 1. The van der Waals surface area contributed by atoms with E-state index in [-0.39, 0.29) is 4.90 Å². The Hall–Kier alpha value is -1.98. The third kappa shape index (κ3) is 2.37. The highest BCUT2D eigenvalue weighted by atomic mass is 35.5. The second-order valence-electron chi connectivity index (χ2n) is 4.31. The molecule has 0 radical (unpaired) electrons. The van der Waals surface area contributed by atoms with Crippen LogP contribution >= 0.6 is 11.6 Å². The molecule has 0 unspecified atom stereocenters. The summed E-state index contributed by atoms with van der Waals surface area (Å²) in [5.41, 5.74) is 1.13. The van der Waals surface area contributed by atoms with Gasteiger partial charge in [0, 0.05) is 5.39 Å². The maximum absolute atomic E-state index is 12.3. The standard InChI is InChI=1S/C14H11ClN2O2S/c15-13-9-10-5-4-8-12(14(10)16-13)17-20(18,19)11-6-2-1-3-7-11/h1-9,16-17H. The van der Waals surface area contributed by atoms with Crippen LogP contribution < -0.4 is 4.72 Å². The number of para-hydroxylation sites is 1. The van der Waals surface area contributed by atoms with Crippen molar-refractivity contribution in [3.05, 3.63) is 59.8 Å². The summed E-state index contributed by atoms with van der Waals surface area (Å²) in [6.45, 7) is 0. The van der Waals surface area contributed by atoms with Crippen molar-refractivity contribution in [1.29, 1.82) is 0 Å². The average molecular weight is 307 g/mol. The Bertz CT molecular complexity index is 857. The number of halogens is 1. The number of hydrogen-bond donors (Lipinski definition) is 2. The largest absolute Gasteiger partial charge is 0.344 e. The van der Waals surface area contributed by atoms with E-state index in [1.165, 1.54) is 0 Å². The van der Waals surface area contributed by atoms with Crippen molar-refractivity contribution >= 4 is 38.2 Å². The van der Waals surface area contributed by atoms with Crippen molar-refractivity contribution in [2.24, 2.45) is 0 Å². The van der Waals surface area contributed by atoms with Crippen LogP contribution in [0.4, 0.5) is 5.69 Å². The molecular weight excluding hydrogens is 296 g/mol. The van der Waals surface area contributed by atoms with Crippen molar-refractivity contribution in [1.82, 2.24) is 4.98 Å². The molecule has 2 aromatic carbocycles. The highest BCUT2D eigenvalue weighted by Gasteiger charge is 2.15. The first-order valence-corrected chi connectivity index (χ1v) is 7.77. The Balaban J connectivity index is 2.05. The predicted molar refractivity (Wildman–Crippen MR) is 80.6 cm³/mol. The number of anilines is 1. The fourth-order valence-electron chi connectivity index (χ4n) is 2.01. The second-order valence-corrected chi connectivity index (χ2v) is 6.40. The summed E-state index contributed by atoms with van der Waals surface area (Å²) in [4.78, 5) is 3.16. The van der Waals surface area contributed by atoms with Crippen molar-refractivity contribution in [3.8, 4) is 0 Å². The normalized spacial score (nSPS) is 11.7. The summed E-state index contributed by atoms with van der Waals surface area (Å²) in [5.74, 6) is 0. The summed E-state index contributed by atoms with van der Waals surface area (Å²) < 4.78 is 27.2. The molecule has 0 aliphatic heterocycles. The Labute approximate surface area is 121 Å². The molecule has 4 nitrogen and oxygen atoms in total. The molecule has 0 aliphatic carbocycles. The number of nitrogens with one attached hydrogen (secondary N) is 2. The summed E-state index contributed by atoms with van der Waals surface area (Å²) in [6.07, 6.45) is 0. The number of benzene rings is 2. The Morgan fingerprint density at radius 1 is 1.00 bits per heavy atom. The molecule has 0 spiro atoms. The zero-order valence-electron chi connectivity index (χ0n) is 10.3. The van der Waals surface area contributed by atoms with E-state index in [0.717, 1.165) is 5.39 Å². The molecule has 3 rings (SSSR count). The van der Waals surface area contributed by atoms with Crippen molar-refractivity contribution in [3.63, 3.8) is 0 Å². The fourth-order valence-corrected chi connectivity index (χ4v) is 3.32. The number of H-pyrrole nitrogens is 1. The SMILES string of the molecule is O=S(=O)(Nc1cccc2cc(Cl)[nH]c12)c1ccccc1. The maximum atomic E-state index is 12.3. The Morgan fingerprint density at radius 3 is 2.50 bits per heavy atom. The highest BCUT2D eigenvalue weighted by molar-refractivity contribution is 7.92. The van der Waals surface area contributed by atoms with Crippen molar-refractivity contribution < 1.29 is 8.42 Å². The number of fused-ring (bicyclic) bond motifs is 1. The van der Waals surface area contributed by atoms with Gasteiger partial charge in [-0.15, -0.1) is 0 Å². The van der Waals surface area contributed by atoms with E-state index in [4.69, 9.17) is 11.6 Å². The van der Waals surface area contributed by atoms with Crippen LogP contribution in [0.3, 0.4) is 0 Å². The molecule has 0 atom stereocenters. The van der Waals surface area contributed by atoms with Crippen molar-refractivity contribution in [2.45, 2.75) is 4.90 Å². The van der Waals surface area contributed by atoms with Crippen LogP contribution in [0.1, 0.15) is 0 Å². The van der Waals surface area contributed by atoms with E-state index >= 15 is 0 Å². The average Bonchev–Trinajstić information content (AvgIpc) is 2.81. The van der Waals surface area contributed by atoms with Gasteiger partial charge in [0.05, 0.1) is 16.1 Å². The fraction of sp³-hybridized carbons (Fsp3) is 0. The van der Waals surface area contributed by atoms with Gasteiger partial charge in [0.2, 0.25) is 0 Å². The number of hydrogen-bond acceptors (Lipinski definition) is 2. The van der Waals surface area contributed by atoms with Gasteiger partial charge < -0.3 is 4.98 Å². The molecule has 0 aliphatic rings. The molecule has 0 saturated heterocycles. The molecule has 0 saturated carbocycles. The van der Waals surface area contributed by atoms with E-state index < -0.39 is 10.0 Å². The van der Waals surface area contributed by atoms with Gasteiger partial charge in [-0.1, -0.05) is 41.9 Å². The molecule has 3 aromatic rings. The van der Waals surface area contributed by atoms with E-state index in [9.17, 15) is 8.42 Å². The molecule has 0 fully saturated rings. The number of aromatic nitrogens is 1. The van der Waals surface area contributed by atoms with Gasteiger partial charge in [-0.05, 0) is 24.3 Å². The summed E-state index contributed by atoms with van der Waals surface area (Å²) in [7, 11) is -3.61. The predicted octanol–water partition coefficient (Wildman–Crippen LogP) is 3.62. The highest BCUT2D eigenvalue weighted by Crippen LogP contribution is 2.27. The van der Waals surface area contributed by atoms with Gasteiger partial charge in [0.25, 0.3) is 10.0 Å². The summed E-state index contributed by atoms with van der Waals surface area (Å²) >= 11 is 5.91. The lowest BCUT2D eigenvalue weighted by Crippen LogP contribution is -2.13. The lowest BCUT2D eigenvalue weighted by atomic mass is 10.2. The van der Waals surface area contributed by atoms with Crippen LogP contribution in [0.2, 0.25) is 5.15 Å². The molecule has 0 bridgehead atoms. The van der Waals surface area contributed by atoms with Crippen LogP contribution in [-0.2, 0) is 10.0 Å². The van der Waals surface area contributed by atoms with Gasteiger partial charge in [-0.3, -0.25) is 4.72 Å². The van der Waals surface area contributed by atoms with Gasteiger partial charge in [0.1, 0.15) is 5.15 Å². The molecule has 1 heterocycles. The molecule has 1 aromatic heterocycles. The molecule has 20 heavy (non-hydrogen) atoms. The van der Waals surface area contributed by atoms with Gasteiger partial charge in [-0.25, -0.2) is 8.42 Å². The number of rotatable bonds is 3. The zero-order valence-corrected chi connectivity index (χ0v) is 11.9. The third-order valence-electron chi connectivity index (χ3n) is 2.92. The molecule has 6 heteroatoms. The van der Waals surface area contributed by atoms with Crippen LogP contribution in [0.15, 0.2) is 59.5 Å². The minimum atomic E-state index is -3.61. The van der Waals surface area contributed by atoms with Gasteiger partial charge in [0.15, 0.2) is 0 Å². The summed E-state index contributed by atoms with van der Waals surface area (Å²) in [5, 5.41) is 1.31. The molecule has 102 valence electrons. The maximum Gasteiger partial charge on any atom is 0.261 e. The van der Waals surface area contributed by atoms with Crippen LogP contribution in [-0.4, -0.2) is 13.4 Å². The van der Waals surface area contributed by atoms with Gasteiger partial charge in [-0.2, -0.15) is 0 Å². The van der Waals surface area contributed by atoms with Crippen LogP contribution in [0, 0.1) is 0 Å². The van der Waals surface area contributed by atoms with E-state index in [0.29, 0.717) is 16.4 Å². The lowest BCUT2D eigenvalue weighted by molar-refractivity contribution is 0.601. The monoisotopic (exact) mass is 306 g/mol. The van der Waals surface area contributed by atoms with E-state index in [1.807, 2.05) is 6.07 Å². The Kier molecular flexibility index (Phi) is 3.16. The molecular formula is C14H11ClN2O2S. The van der Waals surface area contributed by atoms with Crippen LogP contribution in [0.5, 0.6) is 0 Å². The van der Waals surface area contributed by atoms with E-state index in [1.54, 1.807) is 48.5 Å². The smallest absolute Gasteiger partial charge is 0.261 e. The van der Waals surface area contributed by atoms with Gasteiger partial charge >= 0.3 is 0 Å². The van der Waals surface area contributed by atoms with Crippen molar-refractivity contribution in [2.75, 3.05) is 4.72 Å². The first-order chi connectivity index (χ1) is 9.56. The summed E-state index contributed by atoms with van der Waals surface area (Å²) in [6, 6.07) is 15.3. The zero-order chi connectivity index (χ0) is 14.2. The van der Waals surface area contributed by atoms with Crippen LogP contribution in [0.25, 0.3) is 10.9 Å². The third-order valence-corrected chi connectivity index (χ3v) is 4.51. The number of aromatic amines is 1. The quantitative estimate of drug-likeness (QED) is 0.776. The Morgan fingerprint density at radius 2 is 1.75 bits per heavy atom. The topological polar surface area (TPSA) is 62.0 Å².